The van der Waals surface area contributed by atoms with Gasteiger partial charge in [-0.2, -0.15) is 5.10 Å². The summed E-state index contributed by atoms with van der Waals surface area (Å²) in [6, 6.07) is 10.6. The summed E-state index contributed by atoms with van der Waals surface area (Å²) in [6.45, 7) is 0. The summed E-state index contributed by atoms with van der Waals surface area (Å²) in [6.07, 6.45) is 1.28. The molecule has 0 aliphatic heterocycles. The minimum atomic E-state index is -4.58. The van der Waals surface area contributed by atoms with Gasteiger partial charge in [-0.3, -0.25) is 9.82 Å². The first kappa shape index (κ1) is 19.2. The largest absolute Gasteiger partial charge is 0.506 e. The number of halogens is 2. The Morgan fingerprint density at radius 2 is 1.72 bits per heavy atom. The highest BCUT2D eigenvalue weighted by Gasteiger charge is 2.25. The summed E-state index contributed by atoms with van der Waals surface area (Å²) in [5, 5.41) is 18.0. The number of nitrogens with zero attached hydrogens (tertiary/aromatic N) is 2. The molecule has 0 fully saturated rings. The lowest BCUT2D eigenvalue weighted by Crippen LogP contribution is -2.16. The van der Waals surface area contributed by atoms with E-state index in [1.54, 1.807) is 24.3 Å². The number of benzene rings is 3. The van der Waals surface area contributed by atoms with E-state index in [2.05, 4.69) is 19.9 Å². The molecule has 0 radical (unpaired) electrons. The molecule has 0 bridgehead atoms. The number of nitrogens with one attached hydrogen (secondary N) is 2. The molecule has 148 valence electrons. The molecule has 1 heterocycles. The Hall–Kier alpha value is -3.18. The zero-order valence-electron chi connectivity index (χ0n) is 14.4. The lowest BCUT2D eigenvalue weighted by molar-refractivity contribution is 0.469. The highest BCUT2D eigenvalue weighted by Crippen LogP contribution is 2.42. The second kappa shape index (κ2) is 7.33. The topological polar surface area (TPSA) is 108 Å². The third-order valence-corrected chi connectivity index (χ3v) is 6.35. The highest BCUT2D eigenvalue weighted by atomic mass is 32.2. The fourth-order valence-electron chi connectivity index (χ4n) is 2.78. The average molecular weight is 434 g/mol. The molecule has 11 heteroatoms. The van der Waals surface area contributed by atoms with Crippen LogP contribution >= 0.6 is 11.8 Å². The highest BCUT2D eigenvalue weighted by molar-refractivity contribution is 7.99. The second-order valence-corrected chi connectivity index (χ2v) is 8.52. The number of phenols is 1. The van der Waals surface area contributed by atoms with Crippen LogP contribution in [0.2, 0.25) is 0 Å². The minimum absolute atomic E-state index is 0.0445. The van der Waals surface area contributed by atoms with Gasteiger partial charge in [0.2, 0.25) is 0 Å². The maximum absolute atomic E-state index is 14.0. The molecule has 4 aromatic rings. The number of phenolic OH excluding ortho intramolecular Hbond substituents is 1. The first-order valence-corrected chi connectivity index (χ1v) is 10.4. The van der Waals surface area contributed by atoms with Crippen molar-refractivity contribution in [1.29, 1.82) is 0 Å². The Bertz CT molecular complexity index is 1290. The van der Waals surface area contributed by atoms with E-state index in [-0.39, 0.29) is 16.3 Å². The molecule has 0 saturated heterocycles. The number of hydrogen-bond acceptors (Lipinski definition) is 6. The number of aromatic nitrogens is 3. The monoisotopic (exact) mass is 434 g/mol. The molecule has 4 rings (SSSR count). The number of H-pyrrole nitrogens is 1. The van der Waals surface area contributed by atoms with Crippen LogP contribution in [0.5, 0.6) is 5.75 Å². The van der Waals surface area contributed by atoms with E-state index in [0.717, 1.165) is 30.0 Å². The lowest BCUT2D eigenvalue weighted by atomic mass is 10.1. The normalized spacial score (nSPS) is 11.7. The Kier molecular flexibility index (Phi) is 4.84. The number of sulfonamides is 1. The van der Waals surface area contributed by atoms with Gasteiger partial charge in [0, 0.05) is 10.8 Å². The van der Waals surface area contributed by atoms with E-state index < -0.39 is 26.6 Å². The van der Waals surface area contributed by atoms with Gasteiger partial charge in [0.1, 0.15) is 23.7 Å². The zero-order chi connectivity index (χ0) is 20.6. The van der Waals surface area contributed by atoms with Crippen LogP contribution in [-0.2, 0) is 10.0 Å². The van der Waals surface area contributed by atoms with E-state index in [1.165, 1.54) is 12.4 Å². The first-order valence-electron chi connectivity index (χ1n) is 8.11. The maximum atomic E-state index is 14.0. The molecule has 0 atom stereocenters. The van der Waals surface area contributed by atoms with Gasteiger partial charge in [0.05, 0.1) is 10.6 Å². The molecular formula is C18H12F2N4O3S2. The second-order valence-electron chi connectivity index (χ2n) is 5.87. The van der Waals surface area contributed by atoms with Crippen LogP contribution in [0.4, 0.5) is 14.5 Å². The summed E-state index contributed by atoms with van der Waals surface area (Å²) in [7, 11) is -4.58. The van der Waals surface area contributed by atoms with E-state index in [0.29, 0.717) is 15.9 Å². The van der Waals surface area contributed by atoms with Crippen molar-refractivity contribution in [3.63, 3.8) is 0 Å². The van der Waals surface area contributed by atoms with Gasteiger partial charge in [-0.25, -0.2) is 22.2 Å². The van der Waals surface area contributed by atoms with Gasteiger partial charge in [0.15, 0.2) is 10.1 Å². The minimum Gasteiger partial charge on any atom is -0.506 e. The van der Waals surface area contributed by atoms with E-state index in [9.17, 15) is 22.3 Å². The Labute approximate surface area is 167 Å². The Morgan fingerprint density at radius 3 is 2.38 bits per heavy atom. The third-order valence-electron chi connectivity index (χ3n) is 4.01. The fraction of sp³-hybridized carbons (Fsp3) is 0. The molecule has 0 aliphatic carbocycles. The number of aromatic hydroxyl groups is 1. The maximum Gasteiger partial charge on any atom is 0.267 e. The van der Waals surface area contributed by atoms with Gasteiger partial charge in [0.25, 0.3) is 10.0 Å². The van der Waals surface area contributed by atoms with E-state index >= 15 is 0 Å². The van der Waals surface area contributed by atoms with Crippen molar-refractivity contribution >= 4 is 38.2 Å². The molecule has 0 aliphatic rings. The number of hydrogen-bond donors (Lipinski definition) is 3. The molecule has 0 amide bonds. The standard InChI is InChI=1S/C18H12F2N4O3S2/c19-12-6-3-7-13(20)17(12)29(26,27)24-14-8-15(28-18-21-9-22-23-18)16(25)11-5-2-1-4-10(11)14/h1-9,24-25H,(H,21,22,23). The van der Waals surface area contributed by atoms with Crippen LogP contribution in [0.3, 0.4) is 0 Å². The molecule has 29 heavy (non-hydrogen) atoms. The predicted octanol–water partition coefficient (Wildman–Crippen LogP) is 3.89. The summed E-state index contributed by atoms with van der Waals surface area (Å²) in [5.41, 5.74) is 0.0445. The summed E-state index contributed by atoms with van der Waals surface area (Å²) < 4.78 is 55.7. The fourth-order valence-corrected chi connectivity index (χ4v) is 4.78. The number of fused-ring (bicyclic) bond motifs is 1. The molecule has 3 N–H and O–H groups in total. The van der Waals surface area contributed by atoms with Crippen LogP contribution in [0.1, 0.15) is 0 Å². The Morgan fingerprint density at radius 1 is 1.03 bits per heavy atom. The molecule has 1 aromatic heterocycles. The van der Waals surface area contributed by atoms with Crippen LogP contribution in [0, 0.1) is 11.6 Å². The molecule has 3 aromatic carbocycles. The lowest BCUT2D eigenvalue weighted by Gasteiger charge is -2.15. The number of anilines is 1. The third kappa shape index (κ3) is 3.61. The SMILES string of the molecule is O=S(=O)(Nc1cc(Sc2ncn[nH]2)c(O)c2ccccc12)c1c(F)cccc1F. The van der Waals surface area contributed by atoms with Gasteiger partial charge in [-0.15, -0.1) is 0 Å². The summed E-state index contributed by atoms with van der Waals surface area (Å²) in [4.78, 5) is 3.14. The first-order chi connectivity index (χ1) is 13.9. The van der Waals surface area contributed by atoms with Crippen molar-refractivity contribution in [2.75, 3.05) is 4.72 Å². The summed E-state index contributed by atoms with van der Waals surface area (Å²) in [5.74, 6) is -2.52. The van der Waals surface area contributed by atoms with Crippen molar-refractivity contribution in [2.24, 2.45) is 0 Å². The van der Waals surface area contributed by atoms with Crippen molar-refractivity contribution in [1.82, 2.24) is 15.2 Å². The molecule has 0 spiro atoms. The van der Waals surface area contributed by atoms with Gasteiger partial charge < -0.3 is 5.11 Å². The Balaban J connectivity index is 1.86. The van der Waals surface area contributed by atoms with Gasteiger partial charge in [-0.1, -0.05) is 30.3 Å². The molecular weight excluding hydrogens is 422 g/mol. The zero-order valence-corrected chi connectivity index (χ0v) is 16.1. The van der Waals surface area contributed by atoms with Crippen molar-refractivity contribution in [2.45, 2.75) is 14.9 Å². The van der Waals surface area contributed by atoms with Crippen LogP contribution in [-0.4, -0.2) is 28.7 Å². The van der Waals surface area contributed by atoms with Crippen molar-refractivity contribution in [3.05, 3.63) is 66.5 Å². The van der Waals surface area contributed by atoms with Crippen molar-refractivity contribution < 1.29 is 22.3 Å². The van der Waals surface area contributed by atoms with E-state index in [4.69, 9.17) is 0 Å². The quantitative estimate of drug-likeness (QED) is 0.411. The number of aromatic amines is 1. The summed E-state index contributed by atoms with van der Waals surface area (Å²) >= 11 is 1.02. The van der Waals surface area contributed by atoms with Gasteiger partial charge >= 0.3 is 0 Å². The molecule has 0 unspecified atom stereocenters. The smallest absolute Gasteiger partial charge is 0.267 e. The van der Waals surface area contributed by atoms with Crippen molar-refractivity contribution in [3.8, 4) is 5.75 Å². The van der Waals surface area contributed by atoms with Gasteiger partial charge in [-0.05, 0) is 30.0 Å². The van der Waals surface area contributed by atoms with Crippen LogP contribution in [0.25, 0.3) is 10.8 Å². The molecule has 7 nitrogen and oxygen atoms in total. The predicted molar refractivity (Wildman–Crippen MR) is 103 cm³/mol. The van der Waals surface area contributed by atoms with Crippen LogP contribution in [0.15, 0.2) is 69.8 Å². The van der Waals surface area contributed by atoms with Crippen LogP contribution < -0.4 is 4.72 Å². The van der Waals surface area contributed by atoms with E-state index in [1.807, 2.05) is 0 Å². The molecule has 0 saturated carbocycles. The average Bonchev–Trinajstić information content (AvgIpc) is 3.18. The number of rotatable bonds is 5.